The summed E-state index contributed by atoms with van der Waals surface area (Å²) in [5, 5.41) is 11.3. The van der Waals surface area contributed by atoms with Crippen LogP contribution in [0.3, 0.4) is 0 Å². The smallest absolute Gasteiger partial charge is 0.313 e. The molecule has 1 aromatic rings. The van der Waals surface area contributed by atoms with E-state index in [2.05, 4.69) is 18.8 Å². The van der Waals surface area contributed by atoms with Crippen molar-refractivity contribution in [3.8, 4) is 0 Å². The molecule has 6 nitrogen and oxygen atoms in total. The summed E-state index contributed by atoms with van der Waals surface area (Å²) in [5.74, 6) is 0. The van der Waals surface area contributed by atoms with Crippen molar-refractivity contribution in [2.45, 2.75) is 46.1 Å². The second kappa shape index (κ2) is 7.79. The number of hydrogen-bond acceptors (Lipinski definition) is 5. The summed E-state index contributed by atoms with van der Waals surface area (Å²) < 4.78 is 0. The number of anilines is 1. The molecule has 0 amide bonds. The molecule has 0 fully saturated rings. The van der Waals surface area contributed by atoms with Crippen molar-refractivity contribution < 1.29 is 4.92 Å². The molecule has 1 heterocycles. The molecular weight excluding hydrogens is 256 g/mol. The molecule has 6 heteroatoms. The first-order valence-corrected chi connectivity index (χ1v) is 7.11. The van der Waals surface area contributed by atoms with Gasteiger partial charge in [-0.2, -0.15) is 0 Å². The van der Waals surface area contributed by atoms with Gasteiger partial charge in [-0.1, -0.05) is 20.3 Å². The molecule has 0 aliphatic rings. The quantitative estimate of drug-likeness (QED) is 0.584. The Morgan fingerprint density at radius 1 is 1.45 bits per heavy atom. The van der Waals surface area contributed by atoms with Crippen molar-refractivity contribution in [1.82, 2.24) is 4.98 Å². The molecule has 0 aliphatic heterocycles. The number of pyridine rings is 1. The van der Waals surface area contributed by atoms with Crippen molar-refractivity contribution in [1.29, 1.82) is 0 Å². The van der Waals surface area contributed by atoms with Gasteiger partial charge in [0.2, 0.25) is 0 Å². The zero-order valence-corrected chi connectivity index (χ0v) is 12.5. The number of rotatable bonds is 8. The fourth-order valence-corrected chi connectivity index (χ4v) is 2.35. The molecular formula is C14H24N4O2. The third kappa shape index (κ3) is 4.16. The third-order valence-electron chi connectivity index (χ3n) is 3.22. The van der Waals surface area contributed by atoms with Crippen molar-refractivity contribution in [2.24, 2.45) is 5.73 Å². The van der Waals surface area contributed by atoms with Gasteiger partial charge in [0.05, 0.1) is 4.92 Å². The largest absolute Gasteiger partial charge is 0.364 e. The van der Waals surface area contributed by atoms with Crippen molar-refractivity contribution in [3.05, 3.63) is 28.1 Å². The summed E-state index contributed by atoms with van der Waals surface area (Å²) in [6.45, 7) is 7.19. The second-order valence-corrected chi connectivity index (χ2v) is 5.02. The van der Waals surface area contributed by atoms with Crippen LogP contribution >= 0.6 is 0 Å². The molecule has 0 aliphatic carbocycles. The molecule has 1 atom stereocenters. The van der Waals surface area contributed by atoms with Crippen molar-refractivity contribution in [2.75, 3.05) is 18.0 Å². The molecule has 20 heavy (non-hydrogen) atoms. The Balaban J connectivity index is 3.08. The number of aromatic nitrogens is 1. The highest BCUT2D eigenvalue weighted by Crippen LogP contribution is 2.30. The lowest BCUT2D eigenvalue weighted by Crippen LogP contribution is -2.38. The first-order chi connectivity index (χ1) is 9.51. The van der Waals surface area contributed by atoms with Crippen molar-refractivity contribution >= 4 is 11.4 Å². The Hall–Kier alpha value is -1.69. The molecule has 112 valence electrons. The van der Waals surface area contributed by atoms with Crippen LogP contribution in [0, 0.1) is 17.0 Å². The summed E-state index contributed by atoms with van der Waals surface area (Å²) in [7, 11) is 0. The highest BCUT2D eigenvalue weighted by Gasteiger charge is 2.23. The number of nitrogens with two attached hydrogens (primary N) is 1. The first kappa shape index (κ1) is 16.4. The normalized spacial score (nSPS) is 12.2. The van der Waals surface area contributed by atoms with Crippen LogP contribution in [-0.4, -0.2) is 29.0 Å². The van der Waals surface area contributed by atoms with E-state index in [1.54, 1.807) is 19.2 Å². The highest BCUT2D eigenvalue weighted by atomic mass is 16.6. The van der Waals surface area contributed by atoms with Crippen LogP contribution in [0.15, 0.2) is 12.3 Å². The van der Waals surface area contributed by atoms with Gasteiger partial charge < -0.3 is 10.6 Å². The lowest BCUT2D eigenvalue weighted by molar-refractivity contribution is -0.385. The number of nitrogens with zero attached hydrogens (tertiary/aromatic N) is 3. The maximum Gasteiger partial charge on any atom is 0.313 e. The minimum atomic E-state index is -0.355. The van der Waals surface area contributed by atoms with Gasteiger partial charge >= 0.3 is 5.69 Å². The minimum Gasteiger partial charge on any atom is -0.364 e. The van der Waals surface area contributed by atoms with Gasteiger partial charge in [0, 0.05) is 25.3 Å². The highest BCUT2D eigenvalue weighted by molar-refractivity contribution is 5.64. The monoisotopic (exact) mass is 280 g/mol. The van der Waals surface area contributed by atoms with E-state index >= 15 is 0 Å². The summed E-state index contributed by atoms with van der Waals surface area (Å²) in [6, 6.07) is 1.74. The Labute approximate surface area is 120 Å². The minimum absolute atomic E-state index is 0.0274. The Morgan fingerprint density at radius 2 is 2.15 bits per heavy atom. The SMILES string of the molecule is CCCC(N)CN(CCC)c1ccnc(C)c1[N+](=O)[O-]. The van der Waals surface area contributed by atoms with Crippen LogP contribution in [0.1, 0.15) is 38.8 Å². The fourth-order valence-electron chi connectivity index (χ4n) is 2.35. The summed E-state index contributed by atoms with van der Waals surface area (Å²) in [6.07, 6.45) is 4.46. The van der Waals surface area contributed by atoms with E-state index in [0.717, 1.165) is 25.8 Å². The fraction of sp³-hybridized carbons (Fsp3) is 0.643. The molecule has 0 saturated carbocycles. The maximum absolute atomic E-state index is 11.3. The van der Waals surface area contributed by atoms with Gasteiger partial charge in [-0.25, -0.2) is 0 Å². The van der Waals surface area contributed by atoms with E-state index in [0.29, 0.717) is 17.9 Å². The number of nitro groups is 1. The predicted octanol–water partition coefficient (Wildman–Crippen LogP) is 2.64. The lowest BCUT2D eigenvalue weighted by Gasteiger charge is -2.27. The average Bonchev–Trinajstić information content (AvgIpc) is 2.37. The van der Waals surface area contributed by atoms with Crippen LogP contribution in [0.2, 0.25) is 0 Å². The topological polar surface area (TPSA) is 85.3 Å². The van der Waals surface area contributed by atoms with Gasteiger partial charge in [0.15, 0.2) is 0 Å². The van der Waals surface area contributed by atoms with Crippen molar-refractivity contribution in [3.63, 3.8) is 0 Å². The van der Waals surface area contributed by atoms with E-state index in [1.807, 2.05) is 4.90 Å². The van der Waals surface area contributed by atoms with Gasteiger partial charge in [-0.05, 0) is 25.8 Å². The van der Waals surface area contributed by atoms with Gasteiger partial charge in [-0.15, -0.1) is 0 Å². The van der Waals surface area contributed by atoms with Gasteiger partial charge in [-0.3, -0.25) is 15.1 Å². The Bertz CT molecular complexity index is 451. The van der Waals surface area contributed by atoms with Gasteiger partial charge in [0.25, 0.3) is 0 Å². The summed E-state index contributed by atoms with van der Waals surface area (Å²) >= 11 is 0. The first-order valence-electron chi connectivity index (χ1n) is 7.11. The summed E-state index contributed by atoms with van der Waals surface area (Å²) in [4.78, 5) is 16.9. The third-order valence-corrected chi connectivity index (χ3v) is 3.22. The molecule has 2 N–H and O–H groups in total. The molecule has 0 saturated heterocycles. The maximum atomic E-state index is 11.3. The van der Waals surface area contributed by atoms with Crippen LogP contribution in [0.25, 0.3) is 0 Å². The zero-order chi connectivity index (χ0) is 15.1. The van der Waals surface area contributed by atoms with Crippen LogP contribution in [-0.2, 0) is 0 Å². The van der Waals surface area contributed by atoms with E-state index < -0.39 is 0 Å². The Kier molecular flexibility index (Phi) is 6.38. The predicted molar refractivity (Wildman–Crippen MR) is 81.0 cm³/mol. The molecule has 1 rings (SSSR count). The number of hydrogen-bond donors (Lipinski definition) is 1. The van der Waals surface area contributed by atoms with E-state index in [4.69, 9.17) is 5.73 Å². The molecule has 0 aromatic carbocycles. The molecule has 1 aromatic heterocycles. The molecule has 1 unspecified atom stereocenters. The zero-order valence-electron chi connectivity index (χ0n) is 12.5. The molecule has 0 bridgehead atoms. The average molecular weight is 280 g/mol. The van der Waals surface area contributed by atoms with Crippen LogP contribution < -0.4 is 10.6 Å². The number of aryl methyl sites for hydroxylation is 1. The van der Waals surface area contributed by atoms with E-state index in [1.165, 1.54) is 0 Å². The van der Waals surface area contributed by atoms with Crippen LogP contribution in [0.5, 0.6) is 0 Å². The molecule has 0 spiro atoms. The van der Waals surface area contributed by atoms with E-state index in [9.17, 15) is 10.1 Å². The van der Waals surface area contributed by atoms with E-state index in [-0.39, 0.29) is 16.7 Å². The summed E-state index contributed by atoms with van der Waals surface area (Å²) in [5.41, 5.74) is 7.24. The van der Waals surface area contributed by atoms with Gasteiger partial charge in [0.1, 0.15) is 11.4 Å². The molecule has 0 radical (unpaired) electrons. The van der Waals surface area contributed by atoms with Crippen LogP contribution in [0.4, 0.5) is 11.4 Å². The lowest BCUT2D eigenvalue weighted by atomic mass is 10.1. The Morgan fingerprint density at radius 3 is 2.70 bits per heavy atom. The second-order valence-electron chi connectivity index (χ2n) is 5.02. The standard InChI is InChI=1S/C14H24N4O2/c1-4-6-12(15)10-17(9-5-2)13-7-8-16-11(3)14(13)18(19)20/h7-8,12H,4-6,9-10,15H2,1-3H3.